The number of hydrogen-bond acceptors (Lipinski definition) is 3. The van der Waals surface area contributed by atoms with Crippen LogP contribution in [-0.2, 0) is 11.3 Å². The van der Waals surface area contributed by atoms with Crippen LogP contribution in [0.2, 0.25) is 0 Å². The average Bonchev–Trinajstić information content (AvgIpc) is 2.74. The molecule has 2 saturated heterocycles. The molecule has 1 spiro atoms. The zero-order chi connectivity index (χ0) is 11.6. The van der Waals surface area contributed by atoms with E-state index in [2.05, 4.69) is 40.5 Å². The van der Waals surface area contributed by atoms with Gasteiger partial charge in [-0.15, -0.1) is 0 Å². The lowest BCUT2D eigenvalue weighted by atomic mass is 9.99. The van der Waals surface area contributed by atoms with E-state index >= 15 is 0 Å². The van der Waals surface area contributed by atoms with E-state index in [0.29, 0.717) is 0 Å². The molecule has 1 N–H and O–H groups in total. The quantitative estimate of drug-likeness (QED) is 0.838. The molecule has 2 heterocycles. The lowest BCUT2D eigenvalue weighted by Gasteiger charge is -2.40. The van der Waals surface area contributed by atoms with Crippen molar-refractivity contribution in [3.8, 4) is 0 Å². The summed E-state index contributed by atoms with van der Waals surface area (Å²) in [6.07, 6.45) is 2.22. The summed E-state index contributed by atoms with van der Waals surface area (Å²) in [6.45, 7) is 5.11. The van der Waals surface area contributed by atoms with Crippen LogP contribution in [0.5, 0.6) is 0 Å². The maximum atomic E-state index is 6.05. The van der Waals surface area contributed by atoms with Gasteiger partial charge in [-0.1, -0.05) is 30.3 Å². The van der Waals surface area contributed by atoms with Crippen LogP contribution in [-0.4, -0.2) is 36.9 Å². The van der Waals surface area contributed by atoms with E-state index in [1.165, 1.54) is 5.56 Å². The van der Waals surface area contributed by atoms with Gasteiger partial charge in [-0.25, -0.2) is 0 Å². The third-order valence-corrected chi connectivity index (χ3v) is 3.91. The summed E-state index contributed by atoms with van der Waals surface area (Å²) in [5.74, 6) is 0. The second kappa shape index (κ2) is 4.77. The maximum Gasteiger partial charge on any atom is 0.124 e. The smallest absolute Gasteiger partial charge is 0.124 e. The summed E-state index contributed by atoms with van der Waals surface area (Å²) in [7, 11) is 0. The zero-order valence-corrected chi connectivity index (χ0v) is 10.2. The average molecular weight is 232 g/mol. The molecule has 0 radical (unpaired) electrons. The second-order valence-corrected chi connectivity index (χ2v) is 4.95. The Morgan fingerprint density at radius 1 is 1.18 bits per heavy atom. The van der Waals surface area contributed by atoms with Gasteiger partial charge in [0.05, 0.1) is 6.61 Å². The van der Waals surface area contributed by atoms with Gasteiger partial charge in [0.1, 0.15) is 5.72 Å². The number of hydrogen-bond donors (Lipinski definition) is 1. The Bertz CT molecular complexity index is 360. The third-order valence-electron chi connectivity index (χ3n) is 3.91. The van der Waals surface area contributed by atoms with Crippen LogP contribution in [0.25, 0.3) is 0 Å². The van der Waals surface area contributed by atoms with Crippen LogP contribution in [0.15, 0.2) is 30.3 Å². The standard InChI is InChI=1S/C14H20N2O/c1-2-4-13(5-3-1)12-16-10-11-17-14(16)6-8-15-9-7-14/h1-5,15H,6-12H2. The van der Waals surface area contributed by atoms with E-state index in [9.17, 15) is 0 Å². The molecule has 92 valence electrons. The number of nitrogens with zero attached hydrogens (tertiary/aromatic N) is 1. The lowest BCUT2D eigenvalue weighted by Crippen LogP contribution is -2.51. The number of ether oxygens (including phenoxy) is 1. The third kappa shape index (κ3) is 2.23. The molecule has 0 bridgehead atoms. The van der Waals surface area contributed by atoms with Crippen LogP contribution in [0.1, 0.15) is 18.4 Å². The van der Waals surface area contributed by atoms with Crippen molar-refractivity contribution in [3.63, 3.8) is 0 Å². The Hall–Kier alpha value is -0.900. The van der Waals surface area contributed by atoms with Gasteiger partial charge >= 0.3 is 0 Å². The van der Waals surface area contributed by atoms with Crippen molar-refractivity contribution in [2.45, 2.75) is 25.1 Å². The molecule has 3 nitrogen and oxygen atoms in total. The fourth-order valence-corrected chi connectivity index (χ4v) is 2.95. The fourth-order valence-electron chi connectivity index (χ4n) is 2.95. The van der Waals surface area contributed by atoms with Crippen LogP contribution in [0.3, 0.4) is 0 Å². The number of rotatable bonds is 2. The predicted octanol–water partition coefficient (Wildman–Crippen LogP) is 1.60. The Balaban J connectivity index is 1.73. The minimum atomic E-state index is 0.0150. The summed E-state index contributed by atoms with van der Waals surface area (Å²) in [5.41, 5.74) is 1.40. The predicted molar refractivity (Wildman–Crippen MR) is 67.6 cm³/mol. The molecule has 2 aliphatic rings. The highest BCUT2D eigenvalue weighted by atomic mass is 16.5. The molecule has 0 aliphatic carbocycles. The topological polar surface area (TPSA) is 24.5 Å². The number of piperidine rings is 1. The van der Waals surface area contributed by atoms with Crippen LogP contribution >= 0.6 is 0 Å². The first kappa shape index (κ1) is 11.2. The van der Waals surface area contributed by atoms with E-state index in [1.54, 1.807) is 0 Å². The van der Waals surface area contributed by atoms with Crippen molar-refractivity contribution in [2.24, 2.45) is 0 Å². The van der Waals surface area contributed by atoms with Crippen LogP contribution < -0.4 is 5.32 Å². The minimum absolute atomic E-state index is 0.0150. The van der Waals surface area contributed by atoms with E-state index in [0.717, 1.165) is 45.6 Å². The normalized spacial score (nSPS) is 24.2. The molecule has 0 aromatic heterocycles. The minimum Gasteiger partial charge on any atom is -0.359 e. The van der Waals surface area contributed by atoms with Gasteiger partial charge in [0.2, 0.25) is 0 Å². The Morgan fingerprint density at radius 2 is 1.94 bits per heavy atom. The SMILES string of the molecule is c1ccc(CN2CCOC23CCNCC3)cc1. The van der Waals surface area contributed by atoms with Crippen molar-refractivity contribution in [2.75, 3.05) is 26.2 Å². The van der Waals surface area contributed by atoms with Gasteiger partial charge < -0.3 is 10.1 Å². The molecule has 1 aromatic rings. The van der Waals surface area contributed by atoms with Crippen LogP contribution in [0.4, 0.5) is 0 Å². The molecular weight excluding hydrogens is 212 g/mol. The highest BCUT2D eigenvalue weighted by molar-refractivity contribution is 5.15. The van der Waals surface area contributed by atoms with Crippen molar-refractivity contribution in [3.05, 3.63) is 35.9 Å². The summed E-state index contributed by atoms with van der Waals surface area (Å²) in [4.78, 5) is 2.52. The Kier molecular flexibility index (Phi) is 3.14. The monoisotopic (exact) mass is 232 g/mol. The first-order chi connectivity index (χ1) is 8.39. The van der Waals surface area contributed by atoms with Gasteiger partial charge in [-0.2, -0.15) is 0 Å². The molecule has 1 aromatic carbocycles. The Morgan fingerprint density at radius 3 is 2.71 bits per heavy atom. The molecule has 3 heteroatoms. The van der Waals surface area contributed by atoms with Gasteiger partial charge in [0, 0.05) is 25.9 Å². The summed E-state index contributed by atoms with van der Waals surface area (Å²) >= 11 is 0. The molecule has 0 unspecified atom stereocenters. The molecule has 0 saturated carbocycles. The highest BCUT2D eigenvalue weighted by Crippen LogP contribution is 2.33. The molecule has 0 amide bonds. The summed E-state index contributed by atoms with van der Waals surface area (Å²) < 4.78 is 6.05. The fraction of sp³-hybridized carbons (Fsp3) is 0.571. The lowest BCUT2D eigenvalue weighted by molar-refractivity contribution is -0.105. The van der Waals surface area contributed by atoms with E-state index < -0.39 is 0 Å². The molecule has 2 aliphatic heterocycles. The highest BCUT2D eigenvalue weighted by Gasteiger charge is 2.42. The van der Waals surface area contributed by atoms with Gasteiger partial charge in [-0.3, -0.25) is 4.90 Å². The largest absolute Gasteiger partial charge is 0.359 e. The maximum absolute atomic E-state index is 6.05. The molecule has 2 fully saturated rings. The van der Waals surface area contributed by atoms with Crippen molar-refractivity contribution >= 4 is 0 Å². The van der Waals surface area contributed by atoms with Crippen molar-refractivity contribution in [1.82, 2.24) is 10.2 Å². The van der Waals surface area contributed by atoms with Gasteiger partial charge in [0.25, 0.3) is 0 Å². The molecule has 17 heavy (non-hydrogen) atoms. The molecular formula is C14H20N2O. The van der Waals surface area contributed by atoms with Gasteiger partial charge in [0.15, 0.2) is 0 Å². The van der Waals surface area contributed by atoms with Crippen molar-refractivity contribution in [1.29, 1.82) is 0 Å². The summed E-state index contributed by atoms with van der Waals surface area (Å²) in [5, 5.41) is 3.41. The zero-order valence-electron chi connectivity index (χ0n) is 10.2. The van der Waals surface area contributed by atoms with Gasteiger partial charge in [-0.05, 0) is 18.7 Å². The summed E-state index contributed by atoms with van der Waals surface area (Å²) in [6, 6.07) is 10.7. The first-order valence-corrected chi connectivity index (χ1v) is 6.53. The Labute approximate surface area is 103 Å². The van der Waals surface area contributed by atoms with E-state index in [-0.39, 0.29) is 5.72 Å². The second-order valence-electron chi connectivity index (χ2n) is 4.95. The van der Waals surface area contributed by atoms with E-state index in [1.807, 2.05) is 0 Å². The first-order valence-electron chi connectivity index (χ1n) is 6.53. The number of nitrogens with one attached hydrogen (secondary N) is 1. The molecule has 3 rings (SSSR count). The number of benzene rings is 1. The van der Waals surface area contributed by atoms with E-state index in [4.69, 9.17) is 4.74 Å². The van der Waals surface area contributed by atoms with Crippen molar-refractivity contribution < 1.29 is 4.74 Å². The van der Waals surface area contributed by atoms with Crippen LogP contribution in [0, 0.1) is 0 Å². The molecule has 0 atom stereocenters.